The largest absolute Gasteiger partial charge is 0.364 e. The second-order valence-electron chi connectivity index (χ2n) is 8.32. The van der Waals surface area contributed by atoms with Crippen LogP contribution in [0, 0.1) is 0 Å². The van der Waals surface area contributed by atoms with E-state index in [1.165, 1.54) is 108 Å². The van der Waals surface area contributed by atoms with Gasteiger partial charge in [0.05, 0.1) is 0 Å². The summed E-state index contributed by atoms with van der Waals surface area (Å²) in [7, 11) is 1.78. The Bertz CT molecular complexity index is 420. The molecular formula is C26H47NO. The predicted octanol–water partition coefficient (Wildman–Crippen LogP) is 8.36. The second kappa shape index (κ2) is 19.3. The lowest BCUT2D eigenvalue weighted by Gasteiger charge is -2.23. The zero-order chi connectivity index (χ0) is 20.1. The SMILES string of the molecule is CCCCCCCCCCCCCCCCCCN(COC)c1ccccc1. The molecule has 0 aromatic heterocycles. The number of unbranched alkanes of at least 4 members (excludes halogenated alkanes) is 15. The molecule has 1 aromatic carbocycles. The summed E-state index contributed by atoms with van der Waals surface area (Å²) in [6.45, 7) is 4.07. The van der Waals surface area contributed by atoms with Crippen LogP contribution in [-0.2, 0) is 4.74 Å². The molecule has 0 radical (unpaired) electrons. The van der Waals surface area contributed by atoms with Gasteiger partial charge in [-0.05, 0) is 18.6 Å². The maximum Gasteiger partial charge on any atom is 0.118 e. The Morgan fingerprint density at radius 2 is 1.04 bits per heavy atom. The van der Waals surface area contributed by atoms with Gasteiger partial charge in [-0.25, -0.2) is 0 Å². The second-order valence-corrected chi connectivity index (χ2v) is 8.32. The molecule has 0 spiro atoms. The molecule has 0 saturated heterocycles. The third-order valence-corrected chi connectivity index (χ3v) is 5.69. The molecule has 0 atom stereocenters. The zero-order valence-corrected chi connectivity index (χ0v) is 19.0. The number of para-hydroxylation sites is 1. The van der Waals surface area contributed by atoms with Crippen molar-refractivity contribution in [2.75, 3.05) is 25.3 Å². The summed E-state index contributed by atoms with van der Waals surface area (Å²) in [6, 6.07) is 10.6. The van der Waals surface area contributed by atoms with Crippen LogP contribution in [0.2, 0.25) is 0 Å². The first-order chi connectivity index (χ1) is 13.9. The van der Waals surface area contributed by atoms with Crippen molar-refractivity contribution < 1.29 is 4.74 Å². The standard InChI is InChI=1S/C26H47NO/c1-3-4-5-6-7-8-9-10-11-12-13-14-15-16-17-21-24-27(25-28-2)26-22-19-18-20-23-26/h18-20,22-23H,3-17,21,24-25H2,1-2H3. The van der Waals surface area contributed by atoms with Crippen molar-refractivity contribution in [3.8, 4) is 0 Å². The highest BCUT2D eigenvalue weighted by Crippen LogP contribution is 2.16. The summed E-state index contributed by atoms with van der Waals surface area (Å²) in [4.78, 5) is 2.34. The summed E-state index contributed by atoms with van der Waals surface area (Å²) >= 11 is 0. The highest BCUT2D eigenvalue weighted by molar-refractivity contribution is 5.45. The molecule has 0 fully saturated rings. The third-order valence-electron chi connectivity index (χ3n) is 5.69. The van der Waals surface area contributed by atoms with E-state index in [0.717, 1.165) is 6.54 Å². The lowest BCUT2D eigenvalue weighted by Crippen LogP contribution is -2.26. The fraction of sp³-hybridized carbons (Fsp3) is 0.769. The molecule has 1 rings (SSSR count). The van der Waals surface area contributed by atoms with Gasteiger partial charge in [-0.1, -0.05) is 121 Å². The van der Waals surface area contributed by atoms with E-state index in [2.05, 4.69) is 42.2 Å². The monoisotopic (exact) mass is 389 g/mol. The number of rotatable bonds is 20. The van der Waals surface area contributed by atoms with Gasteiger partial charge in [0.15, 0.2) is 0 Å². The van der Waals surface area contributed by atoms with Crippen molar-refractivity contribution in [2.24, 2.45) is 0 Å². The fourth-order valence-electron chi connectivity index (χ4n) is 3.91. The van der Waals surface area contributed by atoms with Crippen LogP contribution >= 0.6 is 0 Å². The van der Waals surface area contributed by atoms with E-state index < -0.39 is 0 Å². The number of ether oxygens (including phenoxy) is 1. The van der Waals surface area contributed by atoms with Crippen molar-refractivity contribution in [3.05, 3.63) is 30.3 Å². The third kappa shape index (κ3) is 14.0. The molecule has 0 bridgehead atoms. The van der Waals surface area contributed by atoms with E-state index in [4.69, 9.17) is 4.74 Å². The van der Waals surface area contributed by atoms with E-state index in [9.17, 15) is 0 Å². The van der Waals surface area contributed by atoms with Crippen LogP contribution in [0.15, 0.2) is 30.3 Å². The Kier molecular flexibility index (Phi) is 17.2. The predicted molar refractivity (Wildman–Crippen MR) is 125 cm³/mol. The van der Waals surface area contributed by atoms with Crippen LogP contribution in [0.25, 0.3) is 0 Å². The number of hydrogen-bond acceptors (Lipinski definition) is 2. The molecule has 0 N–H and O–H groups in total. The zero-order valence-electron chi connectivity index (χ0n) is 19.0. The lowest BCUT2D eigenvalue weighted by molar-refractivity contribution is 0.197. The summed E-state index contributed by atoms with van der Waals surface area (Å²) in [5.74, 6) is 0. The summed E-state index contributed by atoms with van der Waals surface area (Å²) in [5.41, 5.74) is 1.27. The van der Waals surface area contributed by atoms with E-state index in [1.54, 1.807) is 7.11 Å². The molecule has 0 amide bonds. The van der Waals surface area contributed by atoms with Crippen molar-refractivity contribution in [1.82, 2.24) is 0 Å². The van der Waals surface area contributed by atoms with E-state index >= 15 is 0 Å². The van der Waals surface area contributed by atoms with Gasteiger partial charge in [0.2, 0.25) is 0 Å². The highest BCUT2D eigenvalue weighted by atomic mass is 16.5. The Labute approximate surface area is 176 Å². The van der Waals surface area contributed by atoms with Crippen LogP contribution in [0.1, 0.15) is 110 Å². The van der Waals surface area contributed by atoms with E-state index in [1.807, 2.05) is 0 Å². The molecule has 162 valence electrons. The number of benzene rings is 1. The molecule has 0 aliphatic heterocycles. The Balaban J connectivity index is 1.86. The molecular weight excluding hydrogens is 342 g/mol. The Morgan fingerprint density at radius 3 is 1.46 bits per heavy atom. The number of nitrogens with zero attached hydrogens (tertiary/aromatic N) is 1. The number of anilines is 1. The normalized spacial score (nSPS) is 11.1. The van der Waals surface area contributed by atoms with Crippen LogP contribution in [0.5, 0.6) is 0 Å². The number of hydrogen-bond donors (Lipinski definition) is 0. The van der Waals surface area contributed by atoms with Gasteiger partial charge in [0, 0.05) is 19.3 Å². The molecule has 2 nitrogen and oxygen atoms in total. The van der Waals surface area contributed by atoms with E-state index in [0.29, 0.717) is 6.73 Å². The summed E-state index contributed by atoms with van der Waals surface area (Å²) in [6.07, 6.45) is 22.7. The average Bonchev–Trinajstić information content (AvgIpc) is 2.73. The van der Waals surface area contributed by atoms with Gasteiger partial charge < -0.3 is 9.64 Å². The van der Waals surface area contributed by atoms with Crippen molar-refractivity contribution >= 4 is 5.69 Å². The van der Waals surface area contributed by atoms with Gasteiger partial charge in [0.1, 0.15) is 6.73 Å². The molecule has 1 aromatic rings. The van der Waals surface area contributed by atoms with E-state index in [-0.39, 0.29) is 0 Å². The maximum atomic E-state index is 5.36. The van der Waals surface area contributed by atoms with Crippen LogP contribution in [-0.4, -0.2) is 20.4 Å². The van der Waals surface area contributed by atoms with Gasteiger partial charge in [-0.15, -0.1) is 0 Å². The first-order valence-corrected chi connectivity index (χ1v) is 12.2. The summed E-state index contributed by atoms with van der Waals surface area (Å²) in [5, 5.41) is 0. The first kappa shape index (κ1) is 25.0. The average molecular weight is 390 g/mol. The topological polar surface area (TPSA) is 12.5 Å². The van der Waals surface area contributed by atoms with Crippen molar-refractivity contribution in [2.45, 2.75) is 110 Å². The molecule has 0 heterocycles. The molecule has 28 heavy (non-hydrogen) atoms. The quantitative estimate of drug-likeness (QED) is 0.164. The van der Waals surface area contributed by atoms with Crippen LogP contribution in [0.4, 0.5) is 5.69 Å². The van der Waals surface area contributed by atoms with Crippen LogP contribution < -0.4 is 4.90 Å². The highest BCUT2D eigenvalue weighted by Gasteiger charge is 2.04. The minimum Gasteiger partial charge on any atom is -0.364 e. The lowest BCUT2D eigenvalue weighted by atomic mass is 10.0. The van der Waals surface area contributed by atoms with Gasteiger partial charge in [-0.2, -0.15) is 0 Å². The van der Waals surface area contributed by atoms with Crippen LogP contribution in [0.3, 0.4) is 0 Å². The molecule has 2 heteroatoms. The van der Waals surface area contributed by atoms with Crippen molar-refractivity contribution in [3.63, 3.8) is 0 Å². The number of methoxy groups -OCH3 is 1. The van der Waals surface area contributed by atoms with Crippen molar-refractivity contribution in [1.29, 1.82) is 0 Å². The van der Waals surface area contributed by atoms with Gasteiger partial charge >= 0.3 is 0 Å². The fourth-order valence-corrected chi connectivity index (χ4v) is 3.91. The van der Waals surface area contributed by atoms with Gasteiger partial charge in [-0.3, -0.25) is 0 Å². The maximum absolute atomic E-state index is 5.36. The molecule has 0 saturated carbocycles. The Morgan fingerprint density at radius 1 is 0.607 bits per heavy atom. The minimum atomic E-state index is 0.683. The Hall–Kier alpha value is -1.02. The minimum absolute atomic E-state index is 0.683. The first-order valence-electron chi connectivity index (χ1n) is 12.2. The molecule has 0 aliphatic rings. The van der Waals surface area contributed by atoms with Gasteiger partial charge in [0.25, 0.3) is 0 Å². The smallest absolute Gasteiger partial charge is 0.118 e. The molecule has 0 aliphatic carbocycles. The molecule has 0 unspecified atom stereocenters. The summed E-state index contributed by atoms with van der Waals surface area (Å²) < 4.78 is 5.36.